The SMILES string of the molecule is CC(C)CN(C(=O)Nc1ccc(N)cc1)C(C)C. The molecule has 0 aliphatic rings. The maximum atomic E-state index is 12.2. The average molecular weight is 249 g/mol. The van der Waals surface area contributed by atoms with Crippen molar-refractivity contribution < 1.29 is 4.79 Å². The van der Waals surface area contributed by atoms with Gasteiger partial charge in [0.1, 0.15) is 0 Å². The van der Waals surface area contributed by atoms with E-state index in [1.807, 2.05) is 18.7 Å². The summed E-state index contributed by atoms with van der Waals surface area (Å²) >= 11 is 0. The maximum Gasteiger partial charge on any atom is 0.322 e. The highest BCUT2D eigenvalue weighted by Crippen LogP contribution is 2.13. The van der Waals surface area contributed by atoms with E-state index in [1.165, 1.54) is 0 Å². The average Bonchev–Trinajstić information content (AvgIpc) is 2.28. The van der Waals surface area contributed by atoms with E-state index in [0.717, 1.165) is 12.2 Å². The van der Waals surface area contributed by atoms with Crippen LogP contribution >= 0.6 is 0 Å². The van der Waals surface area contributed by atoms with Crippen molar-refractivity contribution in [3.05, 3.63) is 24.3 Å². The molecule has 0 atom stereocenters. The molecule has 0 aliphatic carbocycles. The number of nitrogens with one attached hydrogen (secondary N) is 1. The van der Waals surface area contributed by atoms with Gasteiger partial charge in [0.25, 0.3) is 0 Å². The van der Waals surface area contributed by atoms with Crippen LogP contribution in [0.5, 0.6) is 0 Å². The molecule has 0 saturated carbocycles. The van der Waals surface area contributed by atoms with Crippen molar-refractivity contribution >= 4 is 17.4 Å². The van der Waals surface area contributed by atoms with Gasteiger partial charge in [0.05, 0.1) is 0 Å². The molecular formula is C14H23N3O. The Bertz CT molecular complexity index is 385. The van der Waals surface area contributed by atoms with Crippen LogP contribution in [0.2, 0.25) is 0 Å². The lowest BCUT2D eigenvalue weighted by molar-refractivity contribution is 0.188. The van der Waals surface area contributed by atoms with Crippen molar-refractivity contribution in [1.29, 1.82) is 0 Å². The Morgan fingerprint density at radius 2 is 1.78 bits per heavy atom. The predicted molar refractivity (Wildman–Crippen MR) is 76.6 cm³/mol. The fraction of sp³-hybridized carbons (Fsp3) is 0.500. The fourth-order valence-electron chi connectivity index (χ4n) is 1.68. The van der Waals surface area contributed by atoms with Gasteiger partial charge in [-0.15, -0.1) is 0 Å². The quantitative estimate of drug-likeness (QED) is 0.805. The van der Waals surface area contributed by atoms with Crippen LogP contribution in [-0.2, 0) is 0 Å². The normalized spacial score (nSPS) is 10.8. The Hall–Kier alpha value is -1.71. The maximum absolute atomic E-state index is 12.2. The van der Waals surface area contributed by atoms with E-state index in [4.69, 9.17) is 5.73 Å². The number of carbonyl (C=O) groups excluding carboxylic acids is 1. The molecule has 18 heavy (non-hydrogen) atoms. The van der Waals surface area contributed by atoms with Gasteiger partial charge < -0.3 is 16.0 Å². The highest BCUT2D eigenvalue weighted by molar-refractivity contribution is 5.89. The molecule has 4 heteroatoms. The van der Waals surface area contributed by atoms with Crippen molar-refractivity contribution in [1.82, 2.24) is 4.90 Å². The molecule has 0 aliphatic heterocycles. The molecule has 0 heterocycles. The van der Waals surface area contributed by atoms with Crippen LogP contribution in [0.15, 0.2) is 24.3 Å². The highest BCUT2D eigenvalue weighted by Gasteiger charge is 2.17. The lowest BCUT2D eigenvalue weighted by atomic mass is 10.2. The van der Waals surface area contributed by atoms with Gasteiger partial charge in [0.2, 0.25) is 0 Å². The van der Waals surface area contributed by atoms with Gasteiger partial charge in [-0.3, -0.25) is 0 Å². The molecule has 3 N–H and O–H groups in total. The molecule has 1 rings (SSSR count). The van der Waals surface area contributed by atoms with Crippen LogP contribution in [0, 0.1) is 5.92 Å². The lowest BCUT2D eigenvalue weighted by Crippen LogP contribution is -2.42. The molecule has 100 valence electrons. The van der Waals surface area contributed by atoms with Crippen LogP contribution in [0.3, 0.4) is 0 Å². The standard InChI is InChI=1S/C14H23N3O/c1-10(2)9-17(11(3)4)14(18)16-13-7-5-12(15)6-8-13/h5-8,10-11H,9,15H2,1-4H3,(H,16,18). The zero-order valence-electron chi connectivity index (χ0n) is 11.6. The molecule has 0 saturated heterocycles. The second-order valence-electron chi connectivity index (χ2n) is 5.19. The summed E-state index contributed by atoms with van der Waals surface area (Å²) in [5, 5.41) is 2.89. The first-order chi connectivity index (χ1) is 8.40. The monoisotopic (exact) mass is 249 g/mol. The molecule has 0 fully saturated rings. The molecule has 0 spiro atoms. The number of hydrogen-bond acceptors (Lipinski definition) is 2. The number of nitrogens with zero attached hydrogens (tertiary/aromatic N) is 1. The third-order valence-corrected chi connectivity index (χ3v) is 2.61. The summed E-state index contributed by atoms with van der Waals surface area (Å²) in [6, 6.07) is 7.28. The molecule has 0 unspecified atom stereocenters. The summed E-state index contributed by atoms with van der Waals surface area (Å²) < 4.78 is 0. The second kappa shape index (κ2) is 6.28. The minimum Gasteiger partial charge on any atom is -0.399 e. The van der Waals surface area contributed by atoms with Crippen molar-refractivity contribution in [2.45, 2.75) is 33.7 Å². The van der Waals surface area contributed by atoms with Gasteiger partial charge >= 0.3 is 6.03 Å². The van der Waals surface area contributed by atoms with Crippen LogP contribution in [0.1, 0.15) is 27.7 Å². The van der Waals surface area contributed by atoms with Gasteiger partial charge in [-0.25, -0.2) is 4.79 Å². The number of amides is 2. The number of hydrogen-bond donors (Lipinski definition) is 2. The first-order valence-corrected chi connectivity index (χ1v) is 6.33. The van der Waals surface area contributed by atoms with Crippen molar-refractivity contribution in [3.8, 4) is 0 Å². The zero-order valence-corrected chi connectivity index (χ0v) is 11.6. The second-order valence-corrected chi connectivity index (χ2v) is 5.19. The minimum atomic E-state index is -0.0662. The van der Waals surface area contributed by atoms with Crippen LogP contribution < -0.4 is 11.1 Å². The Kier molecular flexibility index (Phi) is 5.01. The number of carbonyl (C=O) groups is 1. The van der Waals surface area contributed by atoms with E-state index < -0.39 is 0 Å². The number of nitrogens with two attached hydrogens (primary N) is 1. The van der Waals surface area contributed by atoms with E-state index in [-0.39, 0.29) is 12.1 Å². The van der Waals surface area contributed by atoms with E-state index in [9.17, 15) is 4.79 Å². The Morgan fingerprint density at radius 3 is 2.22 bits per heavy atom. The third kappa shape index (κ3) is 4.28. The Labute approximate surface area is 109 Å². The number of rotatable bonds is 4. The summed E-state index contributed by atoms with van der Waals surface area (Å²) in [5.41, 5.74) is 7.07. The zero-order chi connectivity index (χ0) is 13.7. The molecule has 1 aromatic carbocycles. The minimum absolute atomic E-state index is 0.0662. The summed E-state index contributed by atoms with van der Waals surface area (Å²) in [4.78, 5) is 14.0. The van der Waals surface area contributed by atoms with E-state index >= 15 is 0 Å². The number of nitrogen functional groups attached to an aromatic ring is 1. The highest BCUT2D eigenvalue weighted by atomic mass is 16.2. The number of urea groups is 1. The first-order valence-electron chi connectivity index (χ1n) is 6.33. The Balaban J connectivity index is 2.69. The van der Waals surface area contributed by atoms with Gasteiger partial charge in [-0.1, -0.05) is 13.8 Å². The number of anilines is 2. The summed E-state index contributed by atoms with van der Waals surface area (Å²) in [7, 11) is 0. The molecule has 0 aromatic heterocycles. The summed E-state index contributed by atoms with van der Waals surface area (Å²) in [6.07, 6.45) is 0. The van der Waals surface area contributed by atoms with Gasteiger partial charge in [0.15, 0.2) is 0 Å². The third-order valence-electron chi connectivity index (χ3n) is 2.61. The van der Waals surface area contributed by atoms with Crippen molar-refractivity contribution in [2.75, 3.05) is 17.6 Å². The van der Waals surface area contributed by atoms with Crippen LogP contribution in [0.25, 0.3) is 0 Å². The van der Waals surface area contributed by atoms with E-state index in [2.05, 4.69) is 19.2 Å². The molecule has 1 aromatic rings. The number of benzene rings is 1. The molecule has 2 amide bonds. The Morgan fingerprint density at radius 1 is 1.22 bits per heavy atom. The van der Waals surface area contributed by atoms with Crippen LogP contribution in [0.4, 0.5) is 16.2 Å². The van der Waals surface area contributed by atoms with Crippen molar-refractivity contribution in [2.24, 2.45) is 5.92 Å². The lowest BCUT2D eigenvalue weighted by Gasteiger charge is -2.28. The van der Waals surface area contributed by atoms with Gasteiger partial charge in [-0.2, -0.15) is 0 Å². The van der Waals surface area contributed by atoms with E-state index in [1.54, 1.807) is 24.3 Å². The molecular weight excluding hydrogens is 226 g/mol. The fourth-order valence-corrected chi connectivity index (χ4v) is 1.68. The largest absolute Gasteiger partial charge is 0.399 e. The summed E-state index contributed by atoms with van der Waals surface area (Å²) in [6.45, 7) is 8.99. The van der Waals surface area contributed by atoms with Crippen LogP contribution in [-0.4, -0.2) is 23.5 Å². The molecule has 0 bridgehead atoms. The molecule has 0 radical (unpaired) electrons. The van der Waals surface area contributed by atoms with E-state index in [0.29, 0.717) is 11.6 Å². The summed E-state index contributed by atoms with van der Waals surface area (Å²) in [5.74, 6) is 0.449. The van der Waals surface area contributed by atoms with Gasteiger partial charge in [0, 0.05) is 24.0 Å². The topological polar surface area (TPSA) is 58.4 Å². The van der Waals surface area contributed by atoms with Crippen molar-refractivity contribution in [3.63, 3.8) is 0 Å². The smallest absolute Gasteiger partial charge is 0.322 e. The first kappa shape index (κ1) is 14.4. The molecule has 4 nitrogen and oxygen atoms in total. The predicted octanol–water partition coefficient (Wildman–Crippen LogP) is 3.17. The van der Waals surface area contributed by atoms with Gasteiger partial charge in [-0.05, 0) is 44.0 Å².